The van der Waals surface area contributed by atoms with Crippen molar-refractivity contribution in [2.24, 2.45) is 4.99 Å². The number of hydrogen-bond donors (Lipinski definition) is 0. The van der Waals surface area contributed by atoms with Gasteiger partial charge in [0.25, 0.3) is 0 Å². The molecule has 0 fully saturated rings. The first-order valence-corrected chi connectivity index (χ1v) is 4.65. The molecule has 0 radical (unpaired) electrons. The van der Waals surface area contributed by atoms with Crippen LogP contribution in [0.1, 0.15) is 5.76 Å². The number of alkyl halides is 3. The predicted octanol–water partition coefficient (Wildman–Crippen LogP) is 2.78. The minimum Gasteiger partial charge on any atom is -0.451 e. The van der Waals surface area contributed by atoms with Crippen molar-refractivity contribution in [1.29, 1.82) is 0 Å². The zero-order chi connectivity index (χ0) is 13.3. The van der Waals surface area contributed by atoms with Gasteiger partial charge in [-0.25, -0.2) is 4.79 Å². The Labute approximate surface area is 97.4 Å². The molecular weight excluding hydrogens is 251 g/mol. The van der Waals surface area contributed by atoms with Gasteiger partial charge >= 0.3 is 6.18 Å². The Kier molecular flexibility index (Phi) is 2.76. The van der Waals surface area contributed by atoms with Crippen molar-refractivity contribution in [3.05, 3.63) is 40.2 Å². The second kappa shape index (κ2) is 4.12. The summed E-state index contributed by atoms with van der Waals surface area (Å²) in [5.74, 6) is -1.37. The van der Waals surface area contributed by atoms with Crippen LogP contribution in [0.3, 0.4) is 0 Å². The molecule has 0 unspecified atom stereocenters. The summed E-state index contributed by atoms with van der Waals surface area (Å²) in [6.07, 6.45) is -3.46. The highest BCUT2D eigenvalue weighted by Crippen LogP contribution is 2.30. The Bertz CT molecular complexity index is 712. The monoisotopic (exact) mass is 255 g/mol. The molecule has 0 amide bonds. The van der Waals surface area contributed by atoms with Gasteiger partial charge in [0, 0.05) is 6.07 Å². The summed E-state index contributed by atoms with van der Waals surface area (Å²) in [4.78, 5) is 24.8. The highest BCUT2D eigenvalue weighted by Gasteiger charge is 2.34. The van der Waals surface area contributed by atoms with Crippen molar-refractivity contribution in [3.63, 3.8) is 0 Å². The summed E-state index contributed by atoms with van der Waals surface area (Å²) in [7, 11) is 0. The first-order valence-electron chi connectivity index (χ1n) is 4.65. The highest BCUT2D eigenvalue weighted by atomic mass is 19.4. The van der Waals surface area contributed by atoms with Crippen LogP contribution in [0.25, 0.3) is 11.0 Å². The number of rotatable bonds is 1. The lowest BCUT2D eigenvalue weighted by Crippen LogP contribution is -2.10. The molecule has 0 spiro atoms. The summed E-state index contributed by atoms with van der Waals surface area (Å²) in [6, 6.07) is 3.90. The van der Waals surface area contributed by atoms with E-state index in [0.29, 0.717) is 6.07 Å². The van der Waals surface area contributed by atoms with E-state index in [1.807, 2.05) is 0 Å². The van der Waals surface area contributed by atoms with Crippen molar-refractivity contribution < 1.29 is 22.4 Å². The van der Waals surface area contributed by atoms with Gasteiger partial charge in [-0.2, -0.15) is 18.2 Å². The van der Waals surface area contributed by atoms with E-state index < -0.39 is 17.4 Å². The van der Waals surface area contributed by atoms with Crippen LogP contribution in [0.15, 0.2) is 38.5 Å². The molecule has 92 valence electrons. The molecule has 1 heterocycles. The molecule has 0 N–H and O–H groups in total. The van der Waals surface area contributed by atoms with Gasteiger partial charge in [-0.1, -0.05) is 0 Å². The number of aliphatic imine (C=N–C) groups is 1. The van der Waals surface area contributed by atoms with Crippen LogP contribution in [0, 0.1) is 0 Å². The number of isocyanates is 1. The first-order chi connectivity index (χ1) is 8.41. The molecular formula is C11H4F3NO3. The van der Waals surface area contributed by atoms with Crippen LogP contribution in [0.2, 0.25) is 0 Å². The number of halogens is 3. The summed E-state index contributed by atoms with van der Waals surface area (Å²) in [5.41, 5.74) is -0.962. The third-order valence-electron chi connectivity index (χ3n) is 2.16. The number of benzene rings is 1. The van der Waals surface area contributed by atoms with E-state index in [2.05, 4.69) is 9.41 Å². The van der Waals surface area contributed by atoms with Crippen molar-refractivity contribution in [2.75, 3.05) is 0 Å². The molecule has 0 aliphatic heterocycles. The lowest BCUT2D eigenvalue weighted by atomic mass is 10.2. The van der Waals surface area contributed by atoms with Gasteiger partial charge in [0.2, 0.25) is 11.8 Å². The summed E-state index contributed by atoms with van der Waals surface area (Å²) in [5, 5.41) is -0.0838. The average Bonchev–Trinajstić information content (AvgIpc) is 2.29. The van der Waals surface area contributed by atoms with Gasteiger partial charge in [-0.05, 0) is 18.2 Å². The minimum atomic E-state index is -4.73. The number of nitrogens with zero attached hydrogens (tertiary/aromatic N) is 1. The molecule has 18 heavy (non-hydrogen) atoms. The average molecular weight is 255 g/mol. The molecule has 1 aromatic heterocycles. The maximum Gasteiger partial charge on any atom is 0.449 e. The Hall–Kier alpha value is -2.40. The maximum atomic E-state index is 12.4. The predicted molar refractivity (Wildman–Crippen MR) is 55.3 cm³/mol. The zero-order valence-electron chi connectivity index (χ0n) is 8.62. The molecule has 0 saturated heterocycles. The quantitative estimate of drug-likeness (QED) is 0.581. The summed E-state index contributed by atoms with van der Waals surface area (Å²) in [6.45, 7) is 0. The second-order valence-electron chi connectivity index (χ2n) is 3.36. The Balaban J connectivity index is 2.74. The Morgan fingerprint density at radius 2 is 1.94 bits per heavy atom. The van der Waals surface area contributed by atoms with Crippen molar-refractivity contribution in [2.45, 2.75) is 6.18 Å². The molecule has 7 heteroatoms. The van der Waals surface area contributed by atoms with Gasteiger partial charge in [0.15, 0.2) is 5.43 Å². The van der Waals surface area contributed by atoms with E-state index in [1.54, 1.807) is 0 Å². The summed E-state index contributed by atoms with van der Waals surface area (Å²) < 4.78 is 41.8. The Morgan fingerprint density at radius 1 is 1.22 bits per heavy atom. The molecule has 2 rings (SSSR count). The van der Waals surface area contributed by atoms with Gasteiger partial charge < -0.3 is 4.42 Å². The Morgan fingerprint density at radius 3 is 2.56 bits per heavy atom. The van der Waals surface area contributed by atoms with Crippen LogP contribution in [0.4, 0.5) is 18.9 Å². The van der Waals surface area contributed by atoms with E-state index in [-0.39, 0.29) is 16.7 Å². The van der Waals surface area contributed by atoms with Gasteiger partial charge in [0.05, 0.1) is 11.1 Å². The van der Waals surface area contributed by atoms with Crippen LogP contribution in [-0.2, 0) is 11.0 Å². The largest absolute Gasteiger partial charge is 0.451 e. The van der Waals surface area contributed by atoms with E-state index in [0.717, 1.165) is 12.1 Å². The first kappa shape index (κ1) is 12.1. The molecule has 0 aliphatic carbocycles. The number of carbonyl (C=O) groups excluding carboxylic acids is 1. The summed E-state index contributed by atoms with van der Waals surface area (Å²) >= 11 is 0. The fourth-order valence-electron chi connectivity index (χ4n) is 1.41. The minimum absolute atomic E-state index is 0.0838. The van der Waals surface area contributed by atoms with Gasteiger partial charge in [-0.3, -0.25) is 4.79 Å². The maximum absolute atomic E-state index is 12.4. The standard InChI is InChI=1S/C11H4F3NO3/c12-11(13,14)10-4-8(17)7-3-6(15-5-16)1-2-9(7)18-10/h1-4H. The molecule has 4 nitrogen and oxygen atoms in total. The van der Waals surface area contributed by atoms with Crippen molar-refractivity contribution >= 4 is 22.7 Å². The lowest BCUT2D eigenvalue weighted by Gasteiger charge is -2.06. The van der Waals surface area contributed by atoms with E-state index in [1.165, 1.54) is 12.1 Å². The fourth-order valence-corrected chi connectivity index (χ4v) is 1.41. The smallest absolute Gasteiger partial charge is 0.449 e. The molecule has 0 atom stereocenters. The second-order valence-corrected chi connectivity index (χ2v) is 3.36. The molecule has 2 aromatic rings. The van der Waals surface area contributed by atoms with E-state index in [4.69, 9.17) is 0 Å². The van der Waals surface area contributed by atoms with Crippen LogP contribution in [-0.4, -0.2) is 6.08 Å². The van der Waals surface area contributed by atoms with E-state index in [9.17, 15) is 22.8 Å². The zero-order valence-corrected chi connectivity index (χ0v) is 8.62. The van der Waals surface area contributed by atoms with Crippen molar-refractivity contribution in [1.82, 2.24) is 0 Å². The van der Waals surface area contributed by atoms with Gasteiger partial charge in [-0.15, -0.1) is 0 Å². The number of fused-ring (bicyclic) bond motifs is 1. The fraction of sp³-hybridized carbons (Fsp3) is 0.0909. The normalized spacial score (nSPS) is 11.3. The molecule has 0 bridgehead atoms. The number of hydrogen-bond acceptors (Lipinski definition) is 4. The third-order valence-corrected chi connectivity index (χ3v) is 2.16. The third kappa shape index (κ3) is 2.16. The van der Waals surface area contributed by atoms with E-state index >= 15 is 0 Å². The molecule has 1 aromatic carbocycles. The topological polar surface area (TPSA) is 59.6 Å². The molecule has 0 aliphatic rings. The van der Waals surface area contributed by atoms with Crippen LogP contribution >= 0.6 is 0 Å². The van der Waals surface area contributed by atoms with Crippen LogP contribution in [0.5, 0.6) is 0 Å². The SMILES string of the molecule is O=C=Nc1ccc2oc(C(F)(F)F)cc(=O)c2c1. The highest BCUT2D eigenvalue weighted by molar-refractivity contribution is 5.80. The van der Waals surface area contributed by atoms with Gasteiger partial charge in [0.1, 0.15) is 5.58 Å². The van der Waals surface area contributed by atoms with Crippen LogP contribution < -0.4 is 5.43 Å². The lowest BCUT2D eigenvalue weighted by molar-refractivity contribution is -0.152. The van der Waals surface area contributed by atoms with Crippen molar-refractivity contribution in [3.8, 4) is 0 Å². The molecule has 0 saturated carbocycles.